The Morgan fingerprint density at radius 1 is 1.06 bits per heavy atom. The summed E-state index contributed by atoms with van der Waals surface area (Å²) in [7, 11) is 0. The van der Waals surface area contributed by atoms with E-state index < -0.39 is 0 Å². The van der Waals surface area contributed by atoms with E-state index in [1.165, 1.54) is 35.2 Å². The standard InChI is InChI=1S/C17H19N/c1-13-6-2-3-8-15(13)12-16-11-10-14-7-4-5-9-17(14)18-16/h2-9,16,18H,10-12H2,1H3. The van der Waals surface area contributed by atoms with Crippen molar-refractivity contribution in [1.82, 2.24) is 0 Å². The smallest absolute Gasteiger partial charge is 0.0374 e. The average Bonchev–Trinajstić information content (AvgIpc) is 2.41. The van der Waals surface area contributed by atoms with Crippen LogP contribution in [0.2, 0.25) is 0 Å². The maximum absolute atomic E-state index is 3.67. The molecule has 0 saturated carbocycles. The summed E-state index contributed by atoms with van der Waals surface area (Å²) < 4.78 is 0. The molecule has 92 valence electrons. The van der Waals surface area contributed by atoms with Gasteiger partial charge in [-0.25, -0.2) is 0 Å². The van der Waals surface area contributed by atoms with E-state index in [0.29, 0.717) is 6.04 Å². The summed E-state index contributed by atoms with van der Waals surface area (Å²) in [6, 6.07) is 17.9. The zero-order valence-corrected chi connectivity index (χ0v) is 10.8. The third-order valence-corrected chi connectivity index (χ3v) is 3.87. The second-order valence-electron chi connectivity index (χ2n) is 5.17. The van der Waals surface area contributed by atoms with E-state index in [2.05, 4.69) is 60.8 Å². The molecule has 0 saturated heterocycles. The topological polar surface area (TPSA) is 12.0 Å². The molecule has 1 nitrogen and oxygen atoms in total. The van der Waals surface area contributed by atoms with Crippen molar-refractivity contribution in [2.24, 2.45) is 0 Å². The monoisotopic (exact) mass is 237 g/mol. The Morgan fingerprint density at radius 3 is 2.72 bits per heavy atom. The minimum Gasteiger partial charge on any atom is -0.382 e. The Hall–Kier alpha value is -1.76. The number of aryl methyl sites for hydroxylation is 2. The van der Waals surface area contributed by atoms with Crippen molar-refractivity contribution in [2.45, 2.75) is 32.2 Å². The highest BCUT2D eigenvalue weighted by molar-refractivity contribution is 5.54. The fraction of sp³-hybridized carbons (Fsp3) is 0.294. The quantitative estimate of drug-likeness (QED) is 0.833. The summed E-state index contributed by atoms with van der Waals surface area (Å²) in [6.45, 7) is 2.20. The summed E-state index contributed by atoms with van der Waals surface area (Å²) in [5, 5.41) is 3.67. The first kappa shape index (κ1) is 11.3. The summed E-state index contributed by atoms with van der Waals surface area (Å²) in [4.78, 5) is 0. The molecule has 3 rings (SSSR count). The Labute approximate surface area is 109 Å². The summed E-state index contributed by atoms with van der Waals surface area (Å²) >= 11 is 0. The molecule has 2 aromatic rings. The van der Waals surface area contributed by atoms with Gasteiger partial charge in [0.2, 0.25) is 0 Å². The van der Waals surface area contributed by atoms with Crippen LogP contribution in [0.4, 0.5) is 5.69 Å². The minimum atomic E-state index is 0.570. The highest BCUT2D eigenvalue weighted by atomic mass is 14.9. The summed E-state index contributed by atoms with van der Waals surface area (Å²) in [5.41, 5.74) is 5.65. The Balaban J connectivity index is 1.75. The first-order chi connectivity index (χ1) is 8.83. The van der Waals surface area contributed by atoms with Crippen LogP contribution in [-0.4, -0.2) is 6.04 Å². The van der Waals surface area contributed by atoms with Crippen LogP contribution in [-0.2, 0) is 12.8 Å². The highest BCUT2D eigenvalue weighted by Crippen LogP contribution is 2.26. The van der Waals surface area contributed by atoms with Gasteiger partial charge in [-0.05, 0) is 48.9 Å². The fourth-order valence-corrected chi connectivity index (χ4v) is 2.76. The SMILES string of the molecule is Cc1ccccc1CC1CCc2ccccc2N1. The normalized spacial score (nSPS) is 17.9. The van der Waals surface area contributed by atoms with Crippen molar-refractivity contribution in [2.75, 3.05) is 5.32 Å². The fourth-order valence-electron chi connectivity index (χ4n) is 2.76. The van der Waals surface area contributed by atoms with E-state index in [9.17, 15) is 0 Å². The Morgan fingerprint density at radius 2 is 1.83 bits per heavy atom. The van der Waals surface area contributed by atoms with E-state index in [-0.39, 0.29) is 0 Å². The molecule has 1 unspecified atom stereocenters. The van der Waals surface area contributed by atoms with E-state index >= 15 is 0 Å². The van der Waals surface area contributed by atoms with Gasteiger partial charge in [0.15, 0.2) is 0 Å². The van der Waals surface area contributed by atoms with Crippen molar-refractivity contribution in [1.29, 1.82) is 0 Å². The van der Waals surface area contributed by atoms with Crippen LogP contribution in [0.25, 0.3) is 0 Å². The Kier molecular flexibility index (Phi) is 3.06. The molecule has 0 fully saturated rings. The Bertz CT molecular complexity index is 545. The van der Waals surface area contributed by atoms with Gasteiger partial charge in [0.25, 0.3) is 0 Å². The first-order valence-corrected chi connectivity index (χ1v) is 6.72. The first-order valence-electron chi connectivity index (χ1n) is 6.72. The predicted molar refractivity (Wildman–Crippen MR) is 77.1 cm³/mol. The van der Waals surface area contributed by atoms with Crippen LogP contribution in [0.5, 0.6) is 0 Å². The predicted octanol–water partition coefficient (Wildman–Crippen LogP) is 3.96. The number of anilines is 1. The maximum atomic E-state index is 3.67. The molecule has 1 aliphatic heterocycles. The second-order valence-corrected chi connectivity index (χ2v) is 5.17. The van der Waals surface area contributed by atoms with E-state index in [1.807, 2.05) is 0 Å². The molecular weight excluding hydrogens is 218 g/mol. The van der Waals surface area contributed by atoms with E-state index in [1.54, 1.807) is 0 Å². The molecule has 18 heavy (non-hydrogen) atoms. The van der Waals surface area contributed by atoms with Gasteiger partial charge in [0.05, 0.1) is 0 Å². The third kappa shape index (κ3) is 2.26. The number of rotatable bonds is 2. The van der Waals surface area contributed by atoms with Gasteiger partial charge in [-0.3, -0.25) is 0 Å². The lowest BCUT2D eigenvalue weighted by molar-refractivity contribution is 0.627. The molecule has 1 heterocycles. The van der Waals surface area contributed by atoms with Gasteiger partial charge < -0.3 is 5.32 Å². The van der Waals surface area contributed by atoms with Gasteiger partial charge in [0.1, 0.15) is 0 Å². The minimum absolute atomic E-state index is 0.570. The third-order valence-electron chi connectivity index (χ3n) is 3.87. The second kappa shape index (κ2) is 4.85. The van der Waals surface area contributed by atoms with Crippen molar-refractivity contribution in [3.8, 4) is 0 Å². The van der Waals surface area contributed by atoms with Crippen LogP contribution >= 0.6 is 0 Å². The van der Waals surface area contributed by atoms with Crippen molar-refractivity contribution >= 4 is 5.69 Å². The van der Waals surface area contributed by atoms with Crippen LogP contribution < -0.4 is 5.32 Å². The van der Waals surface area contributed by atoms with Crippen LogP contribution in [0.15, 0.2) is 48.5 Å². The number of nitrogens with one attached hydrogen (secondary N) is 1. The molecule has 1 heteroatoms. The van der Waals surface area contributed by atoms with E-state index in [0.717, 1.165) is 6.42 Å². The number of benzene rings is 2. The van der Waals surface area contributed by atoms with Crippen molar-refractivity contribution in [3.63, 3.8) is 0 Å². The van der Waals surface area contributed by atoms with Gasteiger partial charge >= 0.3 is 0 Å². The van der Waals surface area contributed by atoms with Gasteiger partial charge in [0, 0.05) is 11.7 Å². The molecule has 1 N–H and O–H groups in total. The lowest BCUT2D eigenvalue weighted by atomic mass is 9.92. The molecule has 0 aromatic heterocycles. The molecule has 0 spiro atoms. The van der Waals surface area contributed by atoms with Crippen LogP contribution in [0.1, 0.15) is 23.1 Å². The molecule has 1 atom stereocenters. The molecule has 2 aromatic carbocycles. The molecule has 0 amide bonds. The zero-order chi connectivity index (χ0) is 12.4. The summed E-state index contributed by atoms with van der Waals surface area (Å²) in [6.07, 6.45) is 3.55. The molecule has 1 aliphatic rings. The van der Waals surface area contributed by atoms with Gasteiger partial charge in [-0.2, -0.15) is 0 Å². The maximum Gasteiger partial charge on any atom is 0.0374 e. The number of fused-ring (bicyclic) bond motifs is 1. The van der Waals surface area contributed by atoms with E-state index in [4.69, 9.17) is 0 Å². The van der Waals surface area contributed by atoms with Crippen LogP contribution in [0.3, 0.4) is 0 Å². The van der Waals surface area contributed by atoms with Gasteiger partial charge in [-0.15, -0.1) is 0 Å². The number of para-hydroxylation sites is 1. The lowest BCUT2D eigenvalue weighted by Crippen LogP contribution is -2.27. The van der Waals surface area contributed by atoms with Crippen molar-refractivity contribution < 1.29 is 0 Å². The zero-order valence-electron chi connectivity index (χ0n) is 10.8. The number of hydrogen-bond donors (Lipinski definition) is 1. The van der Waals surface area contributed by atoms with Gasteiger partial charge in [-0.1, -0.05) is 42.5 Å². The summed E-state index contributed by atoms with van der Waals surface area (Å²) in [5.74, 6) is 0. The van der Waals surface area contributed by atoms with Crippen LogP contribution in [0, 0.1) is 6.92 Å². The van der Waals surface area contributed by atoms with Crippen molar-refractivity contribution in [3.05, 3.63) is 65.2 Å². The average molecular weight is 237 g/mol. The molecule has 0 aliphatic carbocycles. The highest BCUT2D eigenvalue weighted by Gasteiger charge is 2.17. The largest absolute Gasteiger partial charge is 0.382 e. The molecule has 0 radical (unpaired) electrons. The molecule has 0 bridgehead atoms. The number of hydrogen-bond acceptors (Lipinski definition) is 1. The molecular formula is C17H19N. The lowest BCUT2D eigenvalue weighted by Gasteiger charge is -2.27.